The number of carbonyl (C=O) groups is 1. The first-order valence-corrected chi connectivity index (χ1v) is 9.78. The number of hydrogen-bond acceptors (Lipinski definition) is 4. The Labute approximate surface area is 175 Å². The Morgan fingerprint density at radius 1 is 1.06 bits per heavy atom. The lowest BCUT2D eigenvalue weighted by Crippen LogP contribution is -2.41. The van der Waals surface area contributed by atoms with Gasteiger partial charge in [-0.15, -0.1) is 5.10 Å². The molecule has 4 rings (SSSR count). The molecule has 31 heavy (non-hydrogen) atoms. The second-order valence-corrected chi connectivity index (χ2v) is 7.54. The van der Waals surface area contributed by atoms with Crippen LogP contribution in [0.2, 0.25) is 0 Å². The van der Waals surface area contributed by atoms with Crippen LogP contribution in [0.15, 0.2) is 41.2 Å². The molecule has 1 fully saturated rings. The number of carbonyl (C=O) groups excluding carboxylic acids is 1. The fourth-order valence-corrected chi connectivity index (χ4v) is 3.83. The number of rotatable bonds is 3. The number of aromatic nitrogens is 5. The minimum absolute atomic E-state index is 0.208. The summed E-state index contributed by atoms with van der Waals surface area (Å²) in [7, 11) is 2.75. The summed E-state index contributed by atoms with van der Waals surface area (Å²) in [4.78, 5) is 26.8. The van der Waals surface area contributed by atoms with Crippen LogP contribution in [0.4, 0.5) is 13.2 Å². The zero-order valence-electron chi connectivity index (χ0n) is 17.0. The van der Waals surface area contributed by atoms with Crippen molar-refractivity contribution in [3.63, 3.8) is 0 Å². The van der Waals surface area contributed by atoms with E-state index in [1.54, 1.807) is 18.0 Å². The topological polar surface area (TPSA) is 78.0 Å². The van der Waals surface area contributed by atoms with Gasteiger partial charge in [-0.2, -0.15) is 18.3 Å². The molecule has 1 amide bonds. The van der Waals surface area contributed by atoms with E-state index >= 15 is 0 Å². The van der Waals surface area contributed by atoms with Crippen molar-refractivity contribution in [2.75, 3.05) is 13.1 Å². The van der Waals surface area contributed by atoms with E-state index in [0.717, 1.165) is 17.3 Å². The number of hydrogen-bond donors (Lipinski definition) is 0. The van der Waals surface area contributed by atoms with Gasteiger partial charge in [0, 0.05) is 32.7 Å². The Morgan fingerprint density at radius 2 is 1.71 bits per heavy atom. The number of likely N-dealkylation sites (tertiary alicyclic amines) is 1. The number of nitrogens with zero attached hydrogens (tertiary/aromatic N) is 6. The molecule has 0 aliphatic carbocycles. The smallest absolute Gasteiger partial charge is 0.337 e. The van der Waals surface area contributed by atoms with E-state index < -0.39 is 23.7 Å². The van der Waals surface area contributed by atoms with Crippen molar-refractivity contribution in [3.05, 3.63) is 58.4 Å². The highest BCUT2D eigenvalue weighted by molar-refractivity contribution is 5.93. The molecule has 1 aromatic carbocycles. The van der Waals surface area contributed by atoms with Crippen molar-refractivity contribution in [2.24, 2.45) is 14.1 Å². The predicted molar refractivity (Wildman–Crippen MR) is 105 cm³/mol. The van der Waals surface area contributed by atoms with Gasteiger partial charge in [0.25, 0.3) is 5.91 Å². The second kappa shape index (κ2) is 7.71. The van der Waals surface area contributed by atoms with Crippen LogP contribution in [-0.2, 0) is 20.3 Å². The SMILES string of the molecule is Cn1nc(-c2ccccc2)cc1C(=O)N1CCC(n2nc(C(F)(F)F)n(C)c2=O)CC1. The van der Waals surface area contributed by atoms with Crippen molar-refractivity contribution in [1.29, 1.82) is 0 Å². The quantitative estimate of drug-likeness (QED) is 0.635. The molecule has 3 aromatic rings. The molecule has 0 unspecified atom stereocenters. The van der Waals surface area contributed by atoms with Gasteiger partial charge in [-0.1, -0.05) is 30.3 Å². The molecule has 0 atom stereocenters. The molecule has 3 heterocycles. The average Bonchev–Trinajstić information content (AvgIpc) is 3.28. The first-order chi connectivity index (χ1) is 14.7. The molecule has 0 radical (unpaired) electrons. The largest absolute Gasteiger partial charge is 0.451 e. The zero-order valence-corrected chi connectivity index (χ0v) is 17.0. The molecule has 0 saturated carbocycles. The van der Waals surface area contributed by atoms with Crippen molar-refractivity contribution < 1.29 is 18.0 Å². The van der Waals surface area contributed by atoms with Crippen LogP contribution < -0.4 is 5.69 Å². The van der Waals surface area contributed by atoms with Crippen molar-refractivity contribution in [2.45, 2.75) is 25.1 Å². The number of piperidine rings is 1. The zero-order chi connectivity index (χ0) is 22.3. The summed E-state index contributed by atoms with van der Waals surface area (Å²) in [6, 6.07) is 10.7. The normalized spacial score (nSPS) is 15.5. The Bertz CT molecular complexity index is 1150. The lowest BCUT2D eigenvalue weighted by molar-refractivity contribution is -0.147. The summed E-state index contributed by atoms with van der Waals surface area (Å²) in [5, 5.41) is 7.92. The fourth-order valence-electron chi connectivity index (χ4n) is 3.83. The van der Waals surface area contributed by atoms with E-state index in [0.29, 0.717) is 41.9 Å². The maximum atomic E-state index is 13.0. The van der Waals surface area contributed by atoms with E-state index in [1.165, 1.54) is 4.68 Å². The highest BCUT2D eigenvalue weighted by Gasteiger charge is 2.39. The molecule has 164 valence electrons. The van der Waals surface area contributed by atoms with Gasteiger partial charge >= 0.3 is 11.9 Å². The number of benzene rings is 1. The number of amides is 1. The molecule has 0 spiro atoms. The summed E-state index contributed by atoms with van der Waals surface area (Å²) in [6.45, 7) is 0.611. The first kappa shape index (κ1) is 20.9. The van der Waals surface area contributed by atoms with Crippen molar-refractivity contribution in [3.8, 4) is 11.3 Å². The molecule has 11 heteroatoms. The lowest BCUT2D eigenvalue weighted by Gasteiger charge is -2.31. The third-order valence-electron chi connectivity index (χ3n) is 5.52. The maximum absolute atomic E-state index is 13.0. The average molecular weight is 434 g/mol. The molecule has 0 bridgehead atoms. The summed E-state index contributed by atoms with van der Waals surface area (Å²) in [5.41, 5.74) is 1.19. The van der Waals surface area contributed by atoms with Crippen LogP contribution in [0.25, 0.3) is 11.3 Å². The van der Waals surface area contributed by atoms with Gasteiger partial charge in [0.2, 0.25) is 5.82 Å². The third-order valence-corrected chi connectivity index (χ3v) is 5.52. The highest BCUT2D eigenvalue weighted by atomic mass is 19.4. The Hall–Kier alpha value is -3.37. The van der Waals surface area contributed by atoms with Crippen LogP contribution in [0.1, 0.15) is 35.2 Å². The Balaban J connectivity index is 1.48. The van der Waals surface area contributed by atoms with Gasteiger partial charge in [-0.3, -0.25) is 14.0 Å². The van der Waals surface area contributed by atoms with Crippen LogP contribution in [0, 0.1) is 0 Å². The Kier molecular flexibility index (Phi) is 5.19. The van der Waals surface area contributed by atoms with Crippen LogP contribution >= 0.6 is 0 Å². The predicted octanol–water partition coefficient (Wildman–Crippen LogP) is 2.48. The first-order valence-electron chi connectivity index (χ1n) is 9.78. The van der Waals surface area contributed by atoms with Gasteiger partial charge in [-0.05, 0) is 18.9 Å². The summed E-state index contributed by atoms with van der Waals surface area (Å²) in [5.74, 6) is -1.43. The van der Waals surface area contributed by atoms with Crippen LogP contribution in [-0.4, -0.2) is 48.0 Å². The van der Waals surface area contributed by atoms with E-state index in [-0.39, 0.29) is 5.91 Å². The monoisotopic (exact) mass is 434 g/mol. The molecule has 8 nitrogen and oxygen atoms in total. The van der Waals surface area contributed by atoms with Gasteiger partial charge in [-0.25, -0.2) is 9.48 Å². The number of halogens is 3. The summed E-state index contributed by atoms with van der Waals surface area (Å²) in [6.07, 6.45) is -4.03. The minimum atomic E-state index is -4.70. The molecule has 0 N–H and O–H groups in total. The summed E-state index contributed by atoms with van der Waals surface area (Å²) < 4.78 is 42.0. The molecule has 1 saturated heterocycles. The van der Waals surface area contributed by atoms with E-state index in [1.807, 2.05) is 30.3 Å². The molecule has 1 aliphatic heterocycles. The summed E-state index contributed by atoms with van der Waals surface area (Å²) >= 11 is 0. The van der Waals surface area contributed by atoms with Crippen molar-refractivity contribution >= 4 is 5.91 Å². The lowest BCUT2D eigenvalue weighted by atomic mass is 10.0. The molecular formula is C20H21F3N6O2. The Morgan fingerprint density at radius 3 is 2.29 bits per heavy atom. The highest BCUT2D eigenvalue weighted by Crippen LogP contribution is 2.28. The van der Waals surface area contributed by atoms with E-state index in [9.17, 15) is 22.8 Å². The second-order valence-electron chi connectivity index (χ2n) is 7.54. The van der Waals surface area contributed by atoms with Crippen molar-refractivity contribution in [1.82, 2.24) is 29.0 Å². The molecular weight excluding hydrogens is 413 g/mol. The third kappa shape index (κ3) is 3.87. The van der Waals surface area contributed by atoms with Crippen LogP contribution in [0.3, 0.4) is 0 Å². The van der Waals surface area contributed by atoms with Gasteiger partial charge in [0.05, 0.1) is 11.7 Å². The van der Waals surface area contributed by atoms with E-state index in [2.05, 4.69) is 10.2 Å². The maximum Gasteiger partial charge on any atom is 0.451 e. The molecule has 2 aromatic heterocycles. The molecule has 1 aliphatic rings. The standard InChI is InChI=1S/C20H21F3N6O2/c1-26-18(20(21,22)23)25-29(19(26)31)14-8-10-28(11-9-14)17(30)16-12-15(24-27(16)2)13-6-4-3-5-7-13/h3-7,12,14H,8-11H2,1-2H3. The van der Waals surface area contributed by atoms with Gasteiger partial charge in [0.15, 0.2) is 0 Å². The van der Waals surface area contributed by atoms with Crippen LogP contribution in [0.5, 0.6) is 0 Å². The van der Waals surface area contributed by atoms with E-state index in [4.69, 9.17) is 0 Å². The van der Waals surface area contributed by atoms with Gasteiger partial charge in [0.1, 0.15) is 5.69 Å². The van der Waals surface area contributed by atoms with Gasteiger partial charge < -0.3 is 4.90 Å². The number of alkyl halides is 3. The number of aryl methyl sites for hydroxylation is 1. The fraction of sp³-hybridized carbons (Fsp3) is 0.400. The minimum Gasteiger partial charge on any atom is -0.337 e.